The topological polar surface area (TPSA) is 127 Å². The Labute approximate surface area is 96.0 Å². The third-order valence-electron chi connectivity index (χ3n) is 2.28. The van der Waals surface area contributed by atoms with E-state index in [0.29, 0.717) is 0 Å². The van der Waals surface area contributed by atoms with E-state index in [1.54, 1.807) is 0 Å². The summed E-state index contributed by atoms with van der Waals surface area (Å²) in [7, 11) is 0. The maximum atomic E-state index is 11.0. The standard InChI is InChI=1S/C10H11NO6/c1-3-5(8(12)13)7(10(16)17)6(9(14)15)4(2)11-3/h11,16-17H,1-2H3,(H,12,13)(H,14,15). The van der Waals surface area contributed by atoms with Crippen LogP contribution in [0.4, 0.5) is 0 Å². The molecule has 1 rings (SSSR count). The van der Waals surface area contributed by atoms with Crippen LogP contribution in [0.15, 0.2) is 34.1 Å². The molecule has 0 aliphatic carbocycles. The number of allylic oxidation sites excluding steroid dienone is 2. The van der Waals surface area contributed by atoms with E-state index < -0.39 is 34.6 Å². The molecule has 0 atom stereocenters. The van der Waals surface area contributed by atoms with Gasteiger partial charge in [0, 0.05) is 11.4 Å². The molecule has 0 amide bonds. The van der Waals surface area contributed by atoms with Gasteiger partial charge < -0.3 is 25.7 Å². The molecular formula is C10H11NO6. The first-order valence-corrected chi connectivity index (χ1v) is 4.55. The summed E-state index contributed by atoms with van der Waals surface area (Å²) in [5, 5.41) is 38.6. The number of carboxylic acid groups (broad SMARTS) is 2. The molecule has 0 saturated heterocycles. The van der Waals surface area contributed by atoms with Gasteiger partial charge in [-0.2, -0.15) is 0 Å². The second kappa shape index (κ2) is 4.20. The van der Waals surface area contributed by atoms with E-state index in [-0.39, 0.29) is 11.4 Å². The number of dihydropyridines is 1. The SMILES string of the molecule is CC1=C(C(=O)O)C(=C(O)O)C(C(=O)O)=C(C)N1. The number of aliphatic hydroxyl groups is 2. The van der Waals surface area contributed by atoms with Crippen LogP contribution in [0.5, 0.6) is 0 Å². The van der Waals surface area contributed by atoms with Crippen molar-refractivity contribution < 1.29 is 30.0 Å². The lowest BCUT2D eigenvalue weighted by atomic mass is 9.92. The van der Waals surface area contributed by atoms with Gasteiger partial charge in [0.2, 0.25) is 0 Å². The van der Waals surface area contributed by atoms with Gasteiger partial charge in [-0.3, -0.25) is 0 Å². The van der Waals surface area contributed by atoms with Crippen molar-refractivity contribution in [2.45, 2.75) is 13.8 Å². The summed E-state index contributed by atoms with van der Waals surface area (Å²) in [5.41, 5.74) is -1.29. The van der Waals surface area contributed by atoms with Gasteiger partial charge in [-0.15, -0.1) is 0 Å². The number of carboxylic acids is 2. The molecule has 0 saturated carbocycles. The Hall–Kier alpha value is -2.44. The third kappa shape index (κ3) is 2.07. The first-order chi connectivity index (χ1) is 7.77. The zero-order chi connectivity index (χ0) is 13.3. The van der Waals surface area contributed by atoms with Crippen LogP contribution in [0.3, 0.4) is 0 Å². The highest BCUT2D eigenvalue weighted by Gasteiger charge is 2.33. The molecule has 0 radical (unpaired) electrons. The summed E-state index contributed by atoms with van der Waals surface area (Å²) in [4.78, 5) is 22.0. The van der Waals surface area contributed by atoms with Crippen molar-refractivity contribution in [1.29, 1.82) is 0 Å². The molecule has 1 heterocycles. The van der Waals surface area contributed by atoms with E-state index in [1.807, 2.05) is 0 Å². The van der Waals surface area contributed by atoms with Crippen molar-refractivity contribution in [2.24, 2.45) is 0 Å². The van der Waals surface area contributed by atoms with Crippen molar-refractivity contribution in [1.82, 2.24) is 5.32 Å². The van der Waals surface area contributed by atoms with Crippen molar-refractivity contribution in [3.63, 3.8) is 0 Å². The Morgan fingerprint density at radius 2 is 1.24 bits per heavy atom. The highest BCUT2D eigenvalue weighted by molar-refractivity contribution is 6.03. The Kier molecular flexibility index (Phi) is 3.12. The summed E-state index contributed by atoms with van der Waals surface area (Å²) < 4.78 is 0. The van der Waals surface area contributed by atoms with Gasteiger partial charge in [0.15, 0.2) is 0 Å². The molecule has 92 valence electrons. The summed E-state index contributed by atoms with van der Waals surface area (Å²) >= 11 is 0. The number of rotatable bonds is 2. The molecule has 7 nitrogen and oxygen atoms in total. The van der Waals surface area contributed by atoms with Gasteiger partial charge in [-0.05, 0) is 13.8 Å². The van der Waals surface area contributed by atoms with E-state index in [0.717, 1.165) is 0 Å². The first kappa shape index (κ1) is 12.6. The van der Waals surface area contributed by atoms with Gasteiger partial charge in [-0.25, -0.2) is 9.59 Å². The van der Waals surface area contributed by atoms with Crippen LogP contribution in [0, 0.1) is 0 Å². The summed E-state index contributed by atoms with van der Waals surface area (Å²) in [6, 6.07) is 0. The lowest BCUT2D eigenvalue weighted by Gasteiger charge is -2.22. The molecule has 0 spiro atoms. The number of nitrogens with one attached hydrogen (secondary N) is 1. The third-order valence-corrected chi connectivity index (χ3v) is 2.28. The van der Waals surface area contributed by atoms with E-state index >= 15 is 0 Å². The smallest absolute Gasteiger partial charge is 0.338 e. The van der Waals surface area contributed by atoms with Crippen LogP contribution < -0.4 is 5.32 Å². The van der Waals surface area contributed by atoms with Gasteiger partial charge in [0.1, 0.15) is 0 Å². The van der Waals surface area contributed by atoms with Gasteiger partial charge in [0.25, 0.3) is 5.95 Å². The average molecular weight is 241 g/mol. The summed E-state index contributed by atoms with van der Waals surface area (Å²) in [5.74, 6) is -4.23. The second-order valence-electron chi connectivity index (χ2n) is 3.43. The largest absolute Gasteiger partial charge is 0.481 e. The average Bonchev–Trinajstić information content (AvgIpc) is 2.14. The molecule has 7 heteroatoms. The lowest BCUT2D eigenvalue weighted by molar-refractivity contribution is -0.132. The van der Waals surface area contributed by atoms with Crippen LogP contribution in [-0.4, -0.2) is 32.4 Å². The highest BCUT2D eigenvalue weighted by Crippen LogP contribution is 2.30. The molecule has 17 heavy (non-hydrogen) atoms. The highest BCUT2D eigenvalue weighted by atomic mass is 16.5. The molecule has 1 aliphatic heterocycles. The van der Waals surface area contributed by atoms with Crippen LogP contribution in [-0.2, 0) is 9.59 Å². The summed E-state index contributed by atoms with van der Waals surface area (Å²) in [6.07, 6.45) is 0. The zero-order valence-electron chi connectivity index (χ0n) is 9.11. The quantitative estimate of drug-likeness (QED) is 0.449. The molecule has 0 bridgehead atoms. The van der Waals surface area contributed by atoms with Gasteiger partial charge in [-0.1, -0.05) is 0 Å². The van der Waals surface area contributed by atoms with Crippen LogP contribution in [0.2, 0.25) is 0 Å². The minimum atomic E-state index is -1.45. The fourth-order valence-corrected chi connectivity index (χ4v) is 1.66. The molecular weight excluding hydrogens is 230 g/mol. The van der Waals surface area contributed by atoms with E-state index in [1.165, 1.54) is 13.8 Å². The predicted octanol–water partition coefficient (Wildman–Crippen LogP) is 0.634. The Morgan fingerprint density at radius 1 is 0.882 bits per heavy atom. The maximum absolute atomic E-state index is 11.0. The van der Waals surface area contributed by atoms with Gasteiger partial charge >= 0.3 is 11.9 Å². The van der Waals surface area contributed by atoms with Crippen LogP contribution in [0.1, 0.15) is 13.8 Å². The molecule has 1 aliphatic rings. The maximum Gasteiger partial charge on any atom is 0.338 e. The number of carbonyl (C=O) groups is 2. The van der Waals surface area contributed by atoms with Crippen LogP contribution >= 0.6 is 0 Å². The Morgan fingerprint density at radius 3 is 1.47 bits per heavy atom. The number of aliphatic hydroxyl groups excluding tert-OH is 1. The van der Waals surface area contributed by atoms with E-state index in [4.69, 9.17) is 20.4 Å². The van der Waals surface area contributed by atoms with Crippen molar-refractivity contribution in [3.8, 4) is 0 Å². The van der Waals surface area contributed by atoms with Crippen molar-refractivity contribution in [3.05, 3.63) is 34.1 Å². The minimum Gasteiger partial charge on any atom is -0.481 e. The molecule has 0 aromatic carbocycles. The van der Waals surface area contributed by atoms with E-state index in [9.17, 15) is 9.59 Å². The molecule has 0 aromatic heterocycles. The minimum absolute atomic E-state index is 0.135. The van der Waals surface area contributed by atoms with Crippen molar-refractivity contribution in [2.75, 3.05) is 0 Å². The Balaban J connectivity index is 3.58. The van der Waals surface area contributed by atoms with E-state index in [2.05, 4.69) is 5.32 Å². The fourth-order valence-electron chi connectivity index (χ4n) is 1.66. The lowest BCUT2D eigenvalue weighted by Crippen LogP contribution is -2.27. The summed E-state index contributed by atoms with van der Waals surface area (Å²) in [6.45, 7) is 2.79. The predicted molar refractivity (Wildman–Crippen MR) is 56.1 cm³/mol. The van der Waals surface area contributed by atoms with Crippen LogP contribution in [0.25, 0.3) is 0 Å². The second-order valence-corrected chi connectivity index (χ2v) is 3.43. The number of hydrogen-bond acceptors (Lipinski definition) is 5. The first-order valence-electron chi connectivity index (χ1n) is 4.55. The number of hydrogen-bond donors (Lipinski definition) is 5. The Bertz CT molecular complexity index is 455. The normalized spacial score (nSPS) is 15.8. The van der Waals surface area contributed by atoms with Gasteiger partial charge in [0.05, 0.1) is 16.7 Å². The molecule has 0 fully saturated rings. The number of aliphatic carboxylic acids is 2. The fraction of sp³-hybridized carbons (Fsp3) is 0.200. The monoisotopic (exact) mass is 241 g/mol. The van der Waals surface area contributed by atoms with Crippen molar-refractivity contribution >= 4 is 11.9 Å². The molecule has 0 aromatic rings. The zero-order valence-corrected chi connectivity index (χ0v) is 9.11. The molecule has 5 N–H and O–H groups in total. The molecule has 0 unspecified atom stereocenters.